The number of nitrogens with zero attached hydrogens (tertiary/aromatic N) is 2. The third kappa shape index (κ3) is 4.92. The molecule has 0 aliphatic rings. The molecule has 0 bridgehead atoms. The second-order valence-electron chi connectivity index (χ2n) is 6.66. The van der Waals surface area contributed by atoms with Gasteiger partial charge in [0.15, 0.2) is 11.7 Å². The normalized spacial score (nSPS) is 11.9. The van der Waals surface area contributed by atoms with Crippen LogP contribution in [0.3, 0.4) is 0 Å². The smallest absolute Gasteiger partial charge is 0.223 e. The number of carbonyl (C=O) groups is 1. The van der Waals surface area contributed by atoms with Crippen LogP contribution in [0.15, 0.2) is 53.1 Å². The minimum Gasteiger partial charge on any atom is -0.496 e. The number of carbonyl (C=O) groups excluding carboxylic acids is 1. The maximum atomic E-state index is 12.7. The highest BCUT2D eigenvalue weighted by atomic mass is 35.5. The summed E-state index contributed by atoms with van der Waals surface area (Å²) in [6.07, 6.45) is 2.29. The molecule has 29 heavy (non-hydrogen) atoms. The summed E-state index contributed by atoms with van der Waals surface area (Å²) in [5.74, 6) is 1.78. The molecule has 0 saturated carbocycles. The van der Waals surface area contributed by atoms with E-state index in [4.69, 9.17) is 32.4 Å². The Labute approximate surface area is 180 Å². The number of benzene rings is 2. The van der Waals surface area contributed by atoms with Gasteiger partial charge in [0.1, 0.15) is 5.75 Å². The Morgan fingerprint density at radius 2 is 2.00 bits per heavy atom. The van der Waals surface area contributed by atoms with Crippen molar-refractivity contribution in [2.75, 3.05) is 14.2 Å². The number of halogens is 2. The highest BCUT2D eigenvalue weighted by Gasteiger charge is 2.21. The highest BCUT2D eigenvalue weighted by molar-refractivity contribution is 6.36. The molecule has 3 aromatic rings. The zero-order chi connectivity index (χ0) is 21.0. The molecule has 3 rings (SSSR count). The summed E-state index contributed by atoms with van der Waals surface area (Å²) < 4.78 is 11.2. The second kappa shape index (κ2) is 9.33. The van der Waals surface area contributed by atoms with Gasteiger partial charge in [-0.3, -0.25) is 4.79 Å². The van der Waals surface area contributed by atoms with Crippen molar-refractivity contribution in [3.05, 3.63) is 70.2 Å². The molecule has 152 valence electrons. The number of aryl methyl sites for hydroxylation is 1. The van der Waals surface area contributed by atoms with Crippen LogP contribution >= 0.6 is 23.2 Å². The van der Waals surface area contributed by atoms with Gasteiger partial charge < -0.3 is 14.1 Å². The van der Waals surface area contributed by atoms with Crippen LogP contribution in [0, 0.1) is 0 Å². The van der Waals surface area contributed by atoms with Crippen molar-refractivity contribution in [2.24, 2.45) is 0 Å². The number of aromatic nitrogens is 1. The van der Waals surface area contributed by atoms with E-state index in [0.29, 0.717) is 33.7 Å². The first kappa shape index (κ1) is 21.2. The van der Waals surface area contributed by atoms with E-state index in [2.05, 4.69) is 4.98 Å². The maximum Gasteiger partial charge on any atom is 0.223 e. The van der Waals surface area contributed by atoms with Gasteiger partial charge in [0.05, 0.1) is 24.4 Å². The Bertz CT molecular complexity index is 1000. The van der Waals surface area contributed by atoms with Crippen molar-refractivity contribution < 1.29 is 13.9 Å². The third-order valence-electron chi connectivity index (χ3n) is 4.87. The van der Waals surface area contributed by atoms with E-state index in [9.17, 15) is 4.79 Å². The Hall–Kier alpha value is -2.50. The Morgan fingerprint density at radius 3 is 2.72 bits per heavy atom. The van der Waals surface area contributed by atoms with E-state index in [1.54, 1.807) is 43.5 Å². The lowest BCUT2D eigenvalue weighted by molar-refractivity contribution is -0.131. The molecular weight excluding hydrogens is 411 g/mol. The summed E-state index contributed by atoms with van der Waals surface area (Å²) in [5.41, 5.74) is 1.67. The molecule has 0 radical (unpaired) electrons. The van der Waals surface area contributed by atoms with Crippen molar-refractivity contribution in [3.63, 3.8) is 0 Å². The fourth-order valence-corrected chi connectivity index (χ4v) is 3.57. The summed E-state index contributed by atoms with van der Waals surface area (Å²) >= 11 is 12.1. The SMILES string of the molecule is COc1ccccc1[C@@H](C)N(C)C(=O)CCc1ncc(-c2ccc(Cl)cc2Cl)o1. The van der Waals surface area contributed by atoms with Crippen molar-refractivity contribution >= 4 is 29.1 Å². The van der Waals surface area contributed by atoms with Crippen LogP contribution in [0.4, 0.5) is 0 Å². The fourth-order valence-electron chi connectivity index (χ4n) is 3.07. The van der Waals surface area contributed by atoms with Crippen LogP contribution in [0.2, 0.25) is 10.0 Å². The summed E-state index contributed by atoms with van der Waals surface area (Å²) in [4.78, 5) is 18.7. The first-order valence-electron chi connectivity index (χ1n) is 9.19. The lowest BCUT2D eigenvalue weighted by Crippen LogP contribution is -2.30. The van der Waals surface area contributed by atoms with E-state index < -0.39 is 0 Å². The van der Waals surface area contributed by atoms with E-state index in [1.807, 2.05) is 31.2 Å². The molecule has 0 spiro atoms. The minimum atomic E-state index is -0.119. The van der Waals surface area contributed by atoms with Crippen LogP contribution in [0.1, 0.15) is 30.8 Å². The zero-order valence-corrected chi connectivity index (χ0v) is 18.0. The van der Waals surface area contributed by atoms with Crippen molar-refractivity contribution in [3.8, 4) is 17.1 Å². The Balaban J connectivity index is 1.64. The summed E-state index contributed by atoms with van der Waals surface area (Å²) in [7, 11) is 3.41. The molecule has 0 N–H and O–H groups in total. The predicted octanol–water partition coefficient (Wildman–Crippen LogP) is 5.81. The van der Waals surface area contributed by atoms with Gasteiger partial charge in [-0.2, -0.15) is 0 Å². The molecule has 0 aliphatic carbocycles. The largest absolute Gasteiger partial charge is 0.496 e. The number of oxazole rings is 1. The zero-order valence-electron chi connectivity index (χ0n) is 16.5. The average molecular weight is 433 g/mol. The molecule has 7 heteroatoms. The molecule has 1 amide bonds. The van der Waals surface area contributed by atoms with Gasteiger partial charge >= 0.3 is 0 Å². The first-order chi connectivity index (χ1) is 13.9. The monoisotopic (exact) mass is 432 g/mol. The van der Waals surface area contributed by atoms with Gasteiger partial charge in [-0.1, -0.05) is 41.4 Å². The van der Waals surface area contributed by atoms with Gasteiger partial charge in [-0.15, -0.1) is 0 Å². The number of methoxy groups -OCH3 is 1. The van der Waals surface area contributed by atoms with Gasteiger partial charge in [0.25, 0.3) is 0 Å². The quantitative estimate of drug-likeness (QED) is 0.472. The van der Waals surface area contributed by atoms with Crippen molar-refractivity contribution in [2.45, 2.75) is 25.8 Å². The summed E-state index contributed by atoms with van der Waals surface area (Å²) in [5, 5.41) is 1.04. The molecule has 2 aromatic carbocycles. The van der Waals surface area contributed by atoms with Crippen LogP contribution in [-0.2, 0) is 11.2 Å². The van der Waals surface area contributed by atoms with E-state index in [1.165, 1.54) is 0 Å². The number of amides is 1. The maximum absolute atomic E-state index is 12.7. The van der Waals surface area contributed by atoms with Crippen LogP contribution in [0.25, 0.3) is 11.3 Å². The molecule has 1 heterocycles. The topological polar surface area (TPSA) is 55.6 Å². The van der Waals surface area contributed by atoms with Crippen LogP contribution in [0.5, 0.6) is 5.75 Å². The standard InChI is InChI=1S/C22H22Cl2N2O3/c1-14(16-6-4-5-7-19(16)28-3)26(2)22(27)11-10-21-25-13-20(29-21)17-9-8-15(23)12-18(17)24/h4-9,12-14H,10-11H2,1-3H3/t14-/m1/s1. The van der Waals surface area contributed by atoms with Crippen molar-refractivity contribution in [1.29, 1.82) is 0 Å². The van der Waals surface area contributed by atoms with Gasteiger partial charge in [0.2, 0.25) is 5.91 Å². The molecule has 0 aliphatic heterocycles. The molecule has 0 saturated heterocycles. The van der Waals surface area contributed by atoms with Crippen LogP contribution in [-0.4, -0.2) is 29.9 Å². The second-order valence-corrected chi connectivity index (χ2v) is 7.51. The number of hydrogen-bond acceptors (Lipinski definition) is 4. The molecule has 0 unspecified atom stereocenters. The fraction of sp³-hybridized carbons (Fsp3) is 0.273. The third-order valence-corrected chi connectivity index (χ3v) is 5.41. The Morgan fingerprint density at radius 1 is 1.24 bits per heavy atom. The van der Waals surface area contributed by atoms with Gasteiger partial charge in [-0.25, -0.2) is 4.98 Å². The number of para-hydroxylation sites is 1. The van der Waals surface area contributed by atoms with E-state index in [0.717, 1.165) is 11.3 Å². The minimum absolute atomic E-state index is 0.00678. The Kier molecular flexibility index (Phi) is 6.83. The lowest BCUT2D eigenvalue weighted by Gasteiger charge is -2.26. The van der Waals surface area contributed by atoms with E-state index >= 15 is 0 Å². The van der Waals surface area contributed by atoms with Crippen molar-refractivity contribution in [1.82, 2.24) is 9.88 Å². The first-order valence-corrected chi connectivity index (χ1v) is 9.95. The van der Waals surface area contributed by atoms with Gasteiger partial charge in [-0.05, 0) is 31.2 Å². The summed E-state index contributed by atoms with van der Waals surface area (Å²) in [6, 6.07) is 12.7. The van der Waals surface area contributed by atoms with Crippen LogP contribution < -0.4 is 4.74 Å². The summed E-state index contributed by atoms with van der Waals surface area (Å²) in [6.45, 7) is 1.97. The average Bonchev–Trinajstić information content (AvgIpc) is 3.19. The molecule has 0 fully saturated rings. The molecule has 1 aromatic heterocycles. The predicted molar refractivity (Wildman–Crippen MR) is 114 cm³/mol. The highest BCUT2D eigenvalue weighted by Crippen LogP contribution is 2.31. The van der Waals surface area contributed by atoms with Gasteiger partial charge in [0, 0.05) is 36.0 Å². The molecule has 5 nitrogen and oxygen atoms in total. The molecular formula is C22H22Cl2N2O3. The molecule has 1 atom stereocenters. The number of ether oxygens (including phenoxy) is 1. The number of hydrogen-bond donors (Lipinski definition) is 0. The van der Waals surface area contributed by atoms with E-state index in [-0.39, 0.29) is 18.4 Å². The lowest BCUT2D eigenvalue weighted by atomic mass is 10.1. The number of rotatable bonds is 7.